The van der Waals surface area contributed by atoms with Gasteiger partial charge in [0.15, 0.2) is 0 Å². The molecule has 1 unspecified atom stereocenters. The SMILES string of the molecule is CCC(C)Oc1cccc(NCC(=O)NCCOC)c1. The fourth-order valence-electron chi connectivity index (χ4n) is 1.53. The van der Waals surface area contributed by atoms with E-state index >= 15 is 0 Å². The first kappa shape index (κ1) is 16.3. The van der Waals surface area contributed by atoms with E-state index in [9.17, 15) is 4.79 Å². The fourth-order valence-corrected chi connectivity index (χ4v) is 1.53. The van der Waals surface area contributed by atoms with E-state index in [1.54, 1.807) is 7.11 Å². The Hall–Kier alpha value is -1.75. The molecule has 1 aromatic carbocycles. The quantitative estimate of drug-likeness (QED) is 0.680. The Morgan fingerprint density at radius 3 is 2.90 bits per heavy atom. The third kappa shape index (κ3) is 6.43. The van der Waals surface area contributed by atoms with Crippen molar-refractivity contribution in [3.63, 3.8) is 0 Å². The lowest BCUT2D eigenvalue weighted by molar-refractivity contribution is -0.119. The van der Waals surface area contributed by atoms with Crippen molar-refractivity contribution in [3.05, 3.63) is 24.3 Å². The summed E-state index contributed by atoms with van der Waals surface area (Å²) in [7, 11) is 1.60. The Bertz CT molecular complexity index is 410. The van der Waals surface area contributed by atoms with Crippen molar-refractivity contribution in [2.24, 2.45) is 0 Å². The lowest BCUT2D eigenvalue weighted by Crippen LogP contribution is -2.32. The van der Waals surface area contributed by atoms with E-state index < -0.39 is 0 Å². The molecule has 0 radical (unpaired) electrons. The van der Waals surface area contributed by atoms with E-state index in [0.29, 0.717) is 13.2 Å². The molecule has 1 rings (SSSR count). The molecule has 0 heterocycles. The molecule has 0 saturated heterocycles. The predicted molar refractivity (Wildman–Crippen MR) is 80.2 cm³/mol. The first-order valence-electron chi connectivity index (χ1n) is 6.92. The topological polar surface area (TPSA) is 59.6 Å². The van der Waals surface area contributed by atoms with Crippen LogP contribution in [0.15, 0.2) is 24.3 Å². The Kier molecular flexibility index (Phi) is 7.50. The van der Waals surface area contributed by atoms with Crippen LogP contribution in [-0.4, -0.2) is 38.8 Å². The highest BCUT2D eigenvalue weighted by atomic mass is 16.5. The number of hydrogen-bond donors (Lipinski definition) is 2. The number of anilines is 1. The summed E-state index contributed by atoms with van der Waals surface area (Å²) in [6, 6.07) is 7.62. The van der Waals surface area contributed by atoms with Gasteiger partial charge < -0.3 is 20.1 Å². The number of ether oxygens (including phenoxy) is 2. The molecule has 0 aliphatic carbocycles. The summed E-state index contributed by atoms with van der Waals surface area (Å²) in [5, 5.41) is 5.82. The van der Waals surface area contributed by atoms with E-state index in [-0.39, 0.29) is 18.6 Å². The highest BCUT2D eigenvalue weighted by molar-refractivity contribution is 5.80. The monoisotopic (exact) mass is 280 g/mol. The molecule has 1 amide bonds. The first-order chi connectivity index (χ1) is 9.65. The van der Waals surface area contributed by atoms with Crippen LogP contribution in [0.1, 0.15) is 20.3 Å². The second-order valence-electron chi connectivity index (χ2n) is 4.56. The van der Waals surface area contributed by atoms with Crippen LogP contribution in [0.2, 0.25) is 0 Å². The normalized spacial score (nSPS) is 11.8. The Balaban J connectivity index is 2.40. The molecule has 1 aromatic rings. The van der Waals surface area contributed by atoms with Gasteiger partial charge in [0.05, 0.1) is 19.3 Å². The van der Waals surface area contributed by atoms with Gasteiger partial charge in [-0.3, -0.25) is 4.79 Å². The van der Waals surface area contributed by atoms with Crippen LogP contribution in [0.5, 0.6) is 5.75 Å². The van der Waals surface area contributed by atoms with Gasteiger partial charge in [0.2, 0.25) is 5.91 Å². The van der Waals surface area contributed by atoms with Crippen molar-refractivity contribution in [2.45, 2.75) is 26.4 Å². The van der Waals surface area contributed by atoms with Crippen LogP contribution in [0.3, 0.4) is 0 Å². The van der Waals surface area contributed by atoms with Gasteiger partial charge >= 0.3 is 0 Å². The maximum absolute atomic E-state index is 11.5. The fraction of sp³-hybridized carbons (Fsp3) is 0.533. The van der Waals surface area contributed by atoms with Gasteiger partial charge in [-0.05, 0) is 25.5 Å². The maximum atomic E-state index is 11.5. The number of nitrogens with one attached hydrogen (secondary N) is 2. The van der Waals surface area contributed by atoms with E-state index in [2.05, 4.69) is 17.6 Å². The Morgan fingerprint density at radius 1 is 1.40 bits per heavy atom. The van der Waals surface area contributed by atoms with Crippen molar-refractivity contribution in [1.82, 2.24) is 5.32 Å². The smallest absolute Gasteiger partial charge is 0.239 e. The van der Waals surface area contributed by atoms with Crippen LogP contribution < -0.4 is 15.4 Å². The lowest BCUT2D eigenvalue weighted by Gasteiger charge is -2.14. The molecule has 0 aliphatic heterocycles. The lowest BCUT2D eigenvalue weighted by atomic mass is 10.2. The van der Waals surface area contributed by atoms with Gasteiger partial charge in [0.1, 0.15) is 5.75 Å². The summed E-state index contributed by atoms with van der Waals surface area (Å²) in [5.41, 5.74) is 0.868. The van der Waals surface area contributed by atoms with E-state index in [1.807, 2.05) is 31.2 Å². The molecule has 2 N–H and O–H groups in total. The van der Waals surface area contributed by atoms with Gasteiger partial charge in [-0.2, -0.15) is 0 Å². The number of rotatable bonds is 9. The van der Waals surface area contributed by atoms with Crippen molar-refractivity contribution >= 4 is 11.6 Å². The molecule has 20 heavy (non-hydrogen) atoms. The number of carbonyl (C=O) groups excluding carboxylic acids is 1. The average molecular weight is 280 g/mol. The molecular weight excluding hydrogens is 256 g/mol. The van der Waals surface area contributed by atoms with Crippen LogP contribution in [0.25, 0.3) is 0 Å². The van der Waals surface area contributed by atoms with Gasteiger partial charge in [-0.15, -0.1) is 0 Å². The number of carbonyl (C=O) groups is 1. The Morgan fingerprint density at radius 2 is 2.20 bits per heavy atom. The van der Waals surface area contributed by atoms with Crippen LogP contribution >= 0.6 is 0 Å². The maximum Gasteiger partial charge on any atom is 0.239 e. The van der Waals surface area contributed by atoms with Crippen LogP contribution in [0, 0.1) is 0 Å². The molecule has 1 atom stereocenters. The zero-order chi connectivity index (χ0) is 14.8. The molecule has 0 spiro atoms. The van der Waals surface area contributed by atoms with Gasteiger partial charge in [0.25, 0.3) is 0 Å². The summed E-state index contributed by atoms with van der Waals surface area (Å²) in [6.07, 6.45) is 1.14. The average Bonchev–Trinajstić information content (AvgIpc) is 2.45. The summed E-state index contributed by atoms with van der Waals surface area (Å²) >= 11 is 0. The zero-order valence-corrected chi connectivity index (χ0v) is 12.4. The minimum absolute atomic E-state index is 0.0599. The molecule has 0 bridgehead atoms. The predicted octanol–water partition coefficient (Wildman–Crippen LogP) is 2.04. The molecule has 5 nitrogen and oxygen atoms in total. The molecule has 0 saturated carbocycles. The number of hydrogen-bond acceptors (Lipinski definition) is 4. The van der Waals surface area contributed by atoms with Crippen molar-refractivity contribution in [2.75, 3.05) is 32.1 Å². The largest absolute Gasteiger partial charge is 0.491 e. The summed E-state index contributed by atoms with van der Waals surface area (Å²) in [6.45, 7) is 5.38. The summed E-state index contributed by atoms with van der Waals surface area (Å²) in [5.74, 6) is 0.749. The minimum atomic E-state index is -0.0599. The van der Waals surface area contributed by atoms with Crippen molar-refractivity contribution < 1.29 is 14.3 Å². The van der Waals surface area contributed by atoms with Crippen LogP contribution in [0.4, 0.5) is 5.69 Å². The third-order valence-corrected chi connectivity index (χ3v) is 2.83. The van der Waals surface area contributed by atoms with E-state index in [0.717, 1.165) is 17.9 Å². The second kappa shape index (κ2) is 9.20. The highest BCUT2D eigenvalue weighted by Gasteiger charge is 2.03. The van der Waals surface area contributed by atoms with Crippen molar-refractivity contribution in [3.8, 4) is 5.75 Å². The van der Waals surface area contributed by atoms with E-state index in [4.69, 9.17) is 9.47 Å². The number of benzene rings is 1. The molecule has 5 heteroatoms. The summed E-state index contributed by atoms with van der Waals surface area (Å²) in [4.78, 5) is 11.5. The molecule has 0 fully saturated rings. The number of amides is 1. The minimum Gasteiger partial charge on any atom is -0.491 e. The molecule has 0 aliphatic rings. The summed E-state index contributed by atoms with van der Waals surface area (Å²) < 4.78 is 10.6. The van der Waals surface area contributed by atoms with Gasteiger partial charge in [-0.1, -0.05) is 13.0 Å². The molecular formula is C15H24N2O3. The van der Waals surface area contributed by atoms with Gasteiger partial charge in [-0.25, -0.2) is 0 Å². The molecule has 0 aromatic heterocycles. The standard InChI is InChI=1S/C15H24N2O3/c1-4-12(2)20-14-7-5-6-13(10-14)17-11-15(18)16-8-9-19-3/h5-7,10,12,17H,4,8-9,11H2,1-3H3,(H,16,18). The van der Waals surface area contributed by atoms with Gasteiger partial charge in [0, 0.05) is 25.4 Å². The third-order valence-electron chi connectivity index (χ3n) is 2.83. The second-order valence-corrected chi connectivity index (χ2v) is 4.56. The number of methoxy groups -OCH3 is 1. The highest BCUT2D eigenvalue weighted by Crippen LogP contribution is 2.18. The van der Waals surface area contributed by atoms with E-state index in [1.165, 1.54) is 0 Å². The first-order valence-corrected chi connectivity index (χ1v) is 6.92. The van der Waals surface area contributed by atoms with Crippen molar-refractivity contribution in [1.29, 1.82) is 0 Å². The van der Waals surface area contributed by atoms with Crippen LogP contribution in [-0.2, 0) is 9.53 Å². The molecule has 112 valence electrons. The zero-order valence-electron chi connectivity index (χ0n) is 12.4. The Labute approximate surface area is 120 Å².